The monoisotopic (exact) mass is 595 g/mol. The highest BCUT2D eigenvalue weighted by atomic mass is 15.3. The van der Waals surface area contributed by atoms with Crippen LogP contribution in [-0.2, 0) is 0 Å². The van der Waals surface area contributed by atoms with Crippen LogP contribution in [0.25, 0.3) is 0 Å². The van der Waals surface area contributed by atoms with Crippen LogP contribution in [0.4, 0.5) is 0 Å². The van der Waals surface area contributed by atoms with Crippen molar-refractivity contribution in [3.05, 3.63) is 0 Å². The van der Waals surface area contributed by atoms with E-state index in [1.54, 1.807) is 89.9 Å². The maximum Gasteiger partial charge on any atom is 0.0231 e. The standard InChI is InChI=1S/C41H74N2/c1-5-8-11-14-33(15-18-42)19-32(4)43(40-25-34-20-35(26-40)22-36(21-34)27-40)41-28-37-23-38(30-41,16-12-9-6-2)29-39(24-37,31-41)17-13-10-7-3/h32-37H,5-31,42H2,1-4H3. The van der Waals surface area contributed by atoms with Crippen molar-refractivity contribution in [2.75, 3.05) is 6.54 Å². The Hall–Kier alpha value is -0.0800. The Morgan fingerprint density at radius 2 is 1.12 bits per heavy atom. The molecular formula is C41H74N2. The molecule has 0 aromatic heterocycles. The first-order chi connectivity index (χ1) is 20.8. The number of rotatable bonds is 19. The minimum atomic E-state index is 0.486. The smallest absolute Gasteiger partial charge is 0.0231 e. The maximum atomic E-state index is 6.32. The van der Waals surface area contributed by atoms with Gasteiger partial charge in [0.25, 0.3) is 0 Å². The van der Waals surface area contributed by atoms with Crippen molar-refractivity contribution < 1.29 is 0 Å². The Bertz CT molecular complexity index is 831. The van der Waals surface area contributed by atoms with Gasteiger partial charge in [-0.25, -0.2) is 0 Å². The third-order valence-corrected chi connectivity index (χ3v) is 14.8. The molecule has 4 atom stereocenters. The van der Waals surface area contributed by atoms with Crippen LogP contribution in [0.2, 0.25) is 0 Å². The van der Waals surface area contributed by atoms with Gasteiger partial charge >= 0.3 is 0 Å². The molecule has 0 heterocycles. The van der Waals surface area contributed by atoms with Crippen molar-refractivity contribution in [2.45, 2.75) is 212 Å². The predicted molar refractivity (Wildman–Crippen MR) is 185 cm³/mol. The van der Waals surface area contributed by atoms with Gasteiger partial charge in [0.2, 0.25) is 0 Å². The number of nitrogens with zero attached hydrogens (tertiary/aromatic N) is 1. The largest absolute Gasteiger partial charge is 0.330 e. The Morgan fingerprint density at radius 3 is 1.63 bits per heavy atom. The van der Waals surface area contributed by atoms with Gasteiger partial charge in [0, 0.05) is 17.1 Å². The molecule has 8 aliphatic rings. The quantitative estimate of drug-likeness (QED) is 0.151. The summed E-state index contributed by atoms with van der Waals surface area (Å²) in [4.78, 5) is 3.50. The Labute approximate surface area is 268 Å². The molecule has 0 aromatic carbocycles. The molecule has 8 rings (SSSR count). The minimum Gasteiger partial charge on any atom is -0.330 e. The number of nitrogens with two attached hydrogens (primary N) is 1. The van der Waals surface area contributed by atoms with Crippen molar-refractivity contribution in [1.82, 2.24) is 4.90 Å². The molecule has 0 spiro atoms. The summed E-state index contributed by atoms with van der Waals surface area (Å²) >= 11 is 0. The first-order valence-corrected chi connectivity index (χ1v) is 20.3. The van der Waals surface area contributed by atoms with Crippen LogP contribution in [-0.4, -0.2) is 28.6 Å². The average molecular weight is 595 g/mol. The molecule has 8 fully saturated rings. The summed E-state index contributed by atoms with van der Waals surface area (Å²) in [6, 6.07) is 0.728. The number of hydrogen-bond acceptors (Lipinski definition) is 2. The van der Waals surface area contributed by atoms with Crippen molar-refractivity contribution in [3.63, 3.8) is 0 Å². The molecule has 8 bridgehead atoms. The second-order valence-electron chi connectivity index (χ2n) is 18.7. The zero-order valence-electron chi connectivity index (χ0n) is 29.6. The summed E-state index contributed by atoms with van der Waals surface area (Å²) in [5.41, 5.74) is 8.62. The highest BCUT2D eigenvalue weighted by Crippen LogP contribution is 2.73. The van der Waals surface area contributed by atoms with Crippen molar-refractivity contribution in [3.8, 4) is 0 Å². The van der Waals surface area contributed by atoms with Crippen LogP contribution < -0.4 is 5.73 Å². The summed E-state index contributed by atoms with van der Waals surface area (Å²) in [5, 5.41) is 0. The molecule has 0 aliphatic heterocycles. The number of hydrogen-bond donors (Lipinski definition) is 1. The van der Waals surface area contributed by atoms with E-state index >= 15 is 0 Å². The molecule has 248 valence electrons. The van der Waals surface area contributed by atoms with Gasteiger partial charge < -0.3 is 5.73 Å². The van der Waals surface area contributed by atoms with Crippen LogP contribution in [0.5, 0.6) is 0 Å². The Morgan fingerprint density at radius 1 is 0.605 bits per heavy atom. The second-order valence-corrected chi connectivity index (χ2v) is 18.7. The van der Waals surface area contributed by atoms with E-state index in [1.165, 1.54) is 77.0 Å². The van der Waals surface area contributed by atoms with Gasteiger partial charge in [-0.2, -0.15) is 0 Å². The normalized spacial score (nSPS) is 42.3. The molecule has 2 heteroatoms. The van der Waals surface area contributed by atoms with Crippen molar-refractivity contribution in [1.29, 1.82) is 0 Å². The molecular weight excluding hydrogens is 520 g/mol. The number of unbranched alkanes of at least 4 members (excludes halogenated alkanes) is 6. The van der Waals surface area contributed by atoms with Crippen molar-refractivity contribution in [2.24, 2.45) is 46.2 Å². The molecule has 0 saturated heterocycles. The maximum absolute atomic E-state index is 6.32. The molecule has 2 nitrogen and oxygen atoms in total. The van der Waals surface area contributed by atoms with Gasteiger partial charge in [-0.1, -0.05) is 85.0 Å². The van der Waals surface area contributed by atoms with Crippen LogP contribution in [0, 0.1) is 40.4 Å². The van der Waals surface area contributed by atoms with Crippen LogP contribution >= 0.6 is 0 Å². The van der Waals surface area contributed by atoms with Gasteiger partial charge in [-0.15, -0.1) is 0 Å². The lowest BCUT2D eigenvalue weighted by molar-refractivity contribution is -0.234. The van der Waals surface area contributed by atoms with Crippen molar-refractivity contribution >= 4 is 0 Å². The highest BCUT2D eigenvalue weighted by Gasteiger charge is 2.68. The highest BCUT2D eigenvalue weighted by molar-refractivity contribution is 5.21. The van der Waals surface area contributed by atoms with E-state index in [2.05, 4.69) is 32.6 Å². The molecule has 0 radical (unpaired) electrons. The second kappa shape index (κ2) is 13.6. The fraction of sp³-hybridized carbons (Fsp3) is 1.00. The fourth-order valence-corrected chi connectivity index (χ4v) is 14.8. The predicted octanol–water partition coefficient (Wildman–Crippen LogP) is 11.5. The van der Waals surface area contributed by atoms with Gasteiger partial charge in [0.05, 0.1) is 0 Å². The van der Waals surface area contributed by atoms with Crippen LogP contribution in [0.15, 0.2) is 0 Å². The minimum absolute atomic E-state index is 0.486. The van der Waals surface area contributed by atoms with E-state index < -0.39 is 0 Å². The Kier molecular flexibility index (Phi) is 10.4. The van der Waals surface area contributed by atoms with E-state index in [4.69, 9.17) is 5.73 Å². The van der Waals surface area contributed by atoms with Crippen LogP contribution in [0.1, 0.15) is 195 Å². The fourth-order valence-electron chi connectivity index (χ4n) is 14.8. The molecule has 2 N–H and O–H groups in total. The van der Waals surface area contributed by atoms with E-state index in [-0.39, 0.29) is 0 Å². The van der Waals surface area contributed by atoms with Gasteiger partial charge in [0.1, 0.15) is 0 Å². The lowest BCUT2D eigenvalue weighted by Crippen LogP contribution is -2.74. The zero-order chi connectivity index (χ0) is 30.1. The molecule has 4 unspecified atom stereocenters. The van der Waals surface area contributed by atoms with E-state index in [1.807, 2.05) is 0 Å². The Balaban J connectivity index is 1.36. The summed E-state index contributed by atoms with van der Waals surface area (Å²) in [6.45, 7) is 10.8. The summed E-state index contributed by atoms with van der Waals surface area (Å²) in [5.74, 6) is 4.95. The third-order valence-electron chi connectivity index (χ3n) is 14.8. The average Bonchev–Trinajstić information content (AvgIpc) is 2.91. The van der Waals surface area contributed by atoms with Gasteiger partial charge in [-0.3, -0.25) is 4.90 Å². The lowest BCUT2D eigenvalue weighted by Gasteiger charge is -2.74. The molecule has 8 saturated carbocycles. The van der Waals surface area contributed by atoms with E-state index in [0.717, 1.165) is 42.2 Å². The van der Waals surface area contributed by atoms with Gasteiger partial charge in [-0.05, 0) is 157 Å². The summed E-state index contributed by atoms with van der Waals surface area (Å²) in [6.07, 6.45) is 38.8. The first kappa shape index (κ1) is 32.8. The molecule has 43 heavy (non-hydrogen) atoms. The first-order valence-electron chi connectivity index (χ1n) is 20.3. The molecule has 0 amide bonds. The lowest BCUT2D eigenvalue weighted by atomic mass is 9.39. The van der Waals surface area contributed by atoms with Crippen LogP contribution in [0.3, 0.4) is 0 Å². The zero-order valence-corrected chi connectivity index (χ0v) is 29.6. The summed E-state index contributed by atoms with van der Waals surface area (Å²) < 4.78 is 0. The molecule has 8 aliphatic carbocycles. The van der Waals surface area contributed by atoms with Gasteiger partial charge in [0.15, 0.2) is 0 Å². The van der Waals surface area contributed by atoms with E-state index in [0.29, 0.717) is 21.9 Å². The molecule has 0 aromatic rings. The third kappa shape index (κ3) is 6.69. The topological polar surface area (TPSA) is 29.3 Å². The van der Waals surface area contributed by atoms with E-state index in [9.17, 15) is 0 Å². The SMILES string of the molecule is CCCCCC(CCN)CC(C)N(C12CC3CC(CC(C3)C1)C2)C12CC3CC(CCCCC)(CC(CCCCC)(C3)C1)C2. The summed E-state index contributed by atoms with van der Waals surface area (Å²) in [7, 11) is 0.